The Balaban J connectivity index is 1.82. The summed E-state index contributed by atoms with van der Waals surface area (Å²) < 4.78 is 1.83. The Morgan fingerprint density at radius 1 is 1.00 bits per heavy atom. The Morgan fingerprint density at radius 2 is 2.00 bits per heavy atom. The van der Waals surface area contributed by atoms with Crippen LogP contribution in [0.25, 0.3) is 16.9 Å². The summed E-state index contributed by atoms with van der Waals surface area (Å²) in [7, 11) is 0. The molecule has 0 spiro atoms. The molecule has 7 heteroatoms. The van der Waals surface area contributed by atoms with E-state index in [-0.39, 0.29) is 0 Å². The maximum Gasteiger partial charge on any atom is 0.160 e. The minimum absolute atomic E-state index is 0.639. The van der Waals surface area contributed by atoms with Crippen LogP contribution in [0, 0.1) is 0 Å². The highest BCUT2D eigenvalue weighted by Crippen LogP contribution is 2.21. The molecule has 106 valence electrons. The van der Waals surface area contributed by atoms with E-state index >= 15 is 0 Å². The number of imidazole rings is 1. The van der Waals surface area contributed by atoms with Crippen LogP contribution in [0.2, 0.25) is 0 Å². The van der Waals surface area contributed by atoms with Gasteiger partial charge in [0.05, 0.1) is 17.4 Å². The lowest BCUT2D eigenvalue weighted by Crippen LogP contribution is -2.00. The van der Waals surface area contributed by atoms with Crippen LogP contribution < -0.4 is 5.32 Å². The molecule has 7 nitrogen and oxygen atoms in total. The summed E-state index contributed by atoms with van der Waals surface area (Å²) in [5.74, 6) is 1.40. The van der Waals surface area contributed by atoms with E-state index in [2.05, 4.69) is 30.2 Å². The molecule has 4 rings (SSSR count). The van der Waals surface area contributed by atoms with Crippen LogP contribution in [0.4, 0.5) is 11.5 Å². The molecule has 0 aliphatic heterocycles. The van der Waals surface area contributed by atoms with Gasteiger partial charge in [0.1, 0.15) is 24.0 Å². The normalized spacial score (nSPS) is 10.7. The van der Waals surface area contributed by atoms with Crippen LogP contribution in [-0.4, -0.2) is 29.5 Å². The largest absolute Gasteiger partial charge is 0.337 e. The third-order valence-electron chi connectivity index (χ3n) is 3.16. The van der Waals surface area contributed by atoms with E-state index in [1.807, 2.05) is 35.0 Å². The van der Waals surface area contributed by atoms with Crippen LogP contribution >= 0.6 is 0 Å². The van der Waals surface area contributed by atoms with Gasteiger partial charge in [-0.2, -0.15) is 0 Å². The fourth-order valence-electron chi connectivity index (χ4n) is 2.13. The maximum absolute atomic E-state index is 4.63. The maximum atomic E-state index is 4.63. The van der Waals surface area contributed by atoms with Gasteiger partial charge in [0, 0.05) is 18.6 Å². The van der Waals surface area contributed by atoms with Gasteiger partial charge in [-0.3, -0.25) is 9.55 Å². The first-order valence-corrected chi connectivity index (χ1v) is 6.67. The second-order valence-electron chi connectivity index (χ2n) is 4.60. The summed E-state index contributed by atoms with van der Waals surface area (Å²) in [6, 6.07) is 7.58. The quantitative estimate of drug-likeness (QED) is 0.623. The monoisotopic (exact) mass is 289 g/mol. The van der Waals surface area contributed by atoms with Gasteiger partial charge in [-0.05, 0) is 24.3 Å². The molecular formula is C15H11N7. The van der Waals surface area contributed by atoms with Gasteiger partial charge in [0.2, 0.25) is 0 Å². The molecule has 4 aromatic rings. The van der Waals surface area contributed by atoms with Crippen LogP contribution in [0.1, 0.15) is 0 Å². The number of hydrogen-bond donors (Lipinski definition) is 1. The van der Waals surface area contributed by atoms with Crippen molar-refractivity contribution < 1.29 is 0 Å². The summed E-state index contributed by atoms with van der Waals surface area (Å²) in [6.07, 6.45) is 10.2. The second-order valence-corrected chi connectivity index (χ2v) is 4.60. The molecule has 1 N–H and O–H groups in total. The highest BCUT2D eigenvalue weighted by atomic mass is 15.1. The van der Waals surface area contributed by atoms with Crippen molar-refractivity contribution in [1.29, 1.82) is 0 Å². The predicted molar refractivity (Wildman–Crippen MR) is 82.0 cm³/mol. The van der Waals surface area contributed by atoms with Crippen molar-refractivity contribution in [2.45, 2.75) is 0 Å². The molecule has 0 aromatic carbocycles. The fraction of sp³-hybridized carbons (Fsp3) is 0. The van der Waals surface area contributed by atoms with Gasteiger partial charge in [-0.1, -0.05) is 0 Å². The smallest absolute Gasteiger partial charge is 0.160 e. The van der Waals surface area contributed by atoms with Crippen LogP contribution in [0.3, 0.4) is 0 Å². The number of rotatable bonds is 3. The third-order valence-corrected chi connectivity index (χ3v) is 3.16. The number of aromatic nitrogens is 6. The molecule has 0 aliphatic carbocycles. The molecule has 22 heavy (non-hydrogen) atoms. The molecule has 0 atom stereocenters. The summed E-state index contributed by atoms with van der Waals surface area (Å²) in [5, 5.41) is 3.22. The Morgan fingerprint density at radius 3 is 2.82 bits per heavy atom. The molecule has 0 saturated heterocycles. The van der Waals surface area contributed by atoms with Gasteiger partial charge in [-0.25, -0.2) is 19.9 Å². The first-order chi connectivity index (χ1) is 10.9. The first kappa shape index (κ1) is 12.4. The lowest BCUT2D eigenvalue weighted by Gasteiger charge is -2.08. The van der Waals surface area contributed by atoms with Crippen molar-refractivity contribution in [2.24, 2.45) is 0 Å². The van der Waals surface area contributed by atoms with Crippen LogP contribution in [0.15, 0.2) is 61.7 Å². The summed E-state index contributed by atoms with van der Waals surface area (Å²) in [6.45, 7) is 0. The Hall–Kier alpha value is -3.35. The third kappa shape index (κ3) is 2.24. The lowest BCUT2D eigenvalue weighted by atomic mass is 10.3. The number of nitrogens with one attached hydrogen (secondary N) is 1. The van der Waals surface area contributed by atoms with E-state index in [1.54, 1.807) is 24.9 Å². The number of hydrogen-bond acceptors (Lipinski definition) is 6. The van der Waals surface area contributed by atoms with Crippen molar-refractivity contribution in [3.05, 3.63) is 61.7 Å². The summed E-state index contributed by atoms with van der Waals surface area (Å²) >= 11 is 0. The number of fused-ring (bicyclic) bond motifs is 1. The SMILES string of the molecule is c1cncc(Nc2ncnc3ccc(-n4ccnc4)nc23)c1. The van der Waals surface area contributed by atoms with Crippen LogP contribution in [-0.2, 0) is 0 Å². The topological polar surface area (TPSA) is 81.4 Å². The van der Waals surface area contributed by atoms with E-state index in [0.717, 1.165) is 17.0 Å². The minimum atomic E-state index is 0.639. The number of anilines is 2. The molecule has 0 amide bonds. The van der Waals surface area contributed by atoms with Crippen molar-refractivity contribution in [3.8, 4) is 5.82 Å². The van der Waals surface area contributed by atoms with E-state index in [0.29, 0.717) is 11.3 Å². The average Bonchev–Trinajstić information content (AvgIpc) is 3.10. The van der Waals surface area contributed by atoms with Crippen molar-refractivity contribution >= 4 is 22.5 Å². The highest BCUT2D eigenvalue weighted by Gasteiger charge is 2.08. The summed E-state index contributed by atoms with van der Waals surface area (Å²) in [5.41, 5.74) is 2.31. The zero-order valence-electron chi connectivity index (χ0n) is 11.5. The molecule has 0 fully saturated rings. The number of pyridine rings is 2. The van der Waals surface area contributed by atoms with E-state index in [9.17, 15) is 0 Å². The molecule has 0 bridgehead atoms. The zero-order chi connectivity index (χ0) is 14.8. The van der Waals surface area contributed by atoms with Gasteiger partial charge in [0.15, 0.2) is 5.82 Å². The molecule has 0 aliphatic rings. The molecular weight excluding hydrogens is 278 g/mol. The van der Waals surface area contributed by atoms with Crippen molar-refractivity contribution in [1.82, 2.24) is 29.5 Å². The van der Waals surface area contributed by atoms with E-state index in [1.165, 1.54) is 6.33 Å². The number of nitrogens with zero attached hydrogens (tertiary/aromatic N) is 6. The average molecular weight is 289 g/mol. The Kier molecular flexibility index (Phi) is 2.93. The highest BCUT2D eigenvalue weighted by molar-refractivity contribution is 5.87. The molecule has 0 radical (unpaired) electrons. The fourth-order valence-corrected chi connectivity index (χ4v) is 2.13. The van der Waals surface area contributed by atoms with Crippen molar-refractivity contribution in [2.75, 3.05) is 5.32 Å². The Labute approximate surface area is 125 Å². The predicted octanol–water partition coefficient (Wildman–Crippen LogP) is 2.35. The molecule has 4 aromatic heterocycles. The second kappa shape index (κ2) is 5.21. The van der Waals surface area contributed by atoms with E-state index < -0.39 is 0 Å². The molecule has 4 heterocycles. The first-order valence-electron chi connectivity index (χ1n) is 6.67. The molecule has 0 saturated carbocycles. The lowest BCUT2D eigenvalue weighted by molar-refractivity contribution is 1.00. The molecule has 0 unspecified atom stereocenters. The van der Waals surface area contributed by atoms with E-state index in [4.69, 9.17) is 0 Å². The van der Waals surface area contributed by atoms with Gasteiger partial charge in [-0.15, -0.1) is 0 Å². The minimum Gasteiger partial charge on any atom is -0.337 e. The van der Waals surface area contributed by atoms with Gasteiger partial charge in [0.25, 0.3) is 0 Å². The standard InChI is InChI=1S/C15H11N7/c1-2-11(8-16-5-1)20-15-14-12(18-9-19-15)3-4-13(21-14)22-7-6-17-10-22/h1-10H,(H,18,19,20). The van der Waals surface area contributed by atoms with Crippen molar-refractivity contribution in [3.63, 3.8) is 0 Å². The van der Waals surface area contributed by atoms with Gasteiger partial charge >= 0.3 is 0 Å². The zero-order valence-corrected chi connectivity index (χ0v) is 11.5. The van der Waals surface area contributed by atoms with Crippen LogP contribution in [0.5, 0.6) is 0 Å². The Bertz CT molecular complexity index is 904. The summed E-state index contributed by atoms with van der Waals surface area (Å²) in [4.78, 5) is 21.3. The van der Waals surface area contributed by atoms with Gasteiger partial charge < -0.3 is 5.32 Å².